The molecule has 1 aromatic rings. The van der Waals surface area contributed by atoms with Crippen molar-refractivity contribution < 1.29 is 18.3 Å². The van der Waals surface area contributed by atoms with Crippen molar-refractivity contribution in [2.45, 2.75) is 6.43 Å². The quantitative estimate of drug-likeness (QED) is 0.673. The molecule has 70 valence electrons. The number of Topliss-reactive ketones (excluding diaryl/α,β-unsaturated/α-hetero) is 1. The van der Waals surface area contributed by atoms with E-state index >= 15 is 0 Å². The van der Waals surface area contributed by atoms with Crippen LogP contribution < -0.4 is 4.74 Å². The Morgan fingerprint density at radius 2 is 2.23 bits per heavy atom. The lowest BCUT2D eigenvalue weighted by Gasteiger charge is -2.00. The lowest BCUT2D eigenvalue weighted by molar-refractivity contribution is 0.0678. The van der Waals surface area contributed by atoms with Crippen molar-refractivity contribution in [1.82, 2.24) is 4.98 Å². The van der Waals surface area contributed by atoms with E-state index in [0.29, 0.717) is 0 Å². The standard InChI is InChI=1S/C8H7F2NO2/c1-13-6-3-2-5(4-11-6)7(12)8(9)10/h2-4,8H,1H3. The smallest absolute Gasteiger partial charge is 0.300 e. The molecule has 0 amide bonds. The van der Waals surface area contributed by atoms with Crippen molar-refractivity contribution in [2.24, 2.45) is 0 Å². The van der Waals surface area contributed by atoms with Crippen LogP contribution in [0.4, 0.5) is 8.78 Å². The average molecular weight is 187 g/mol. The summed E-state index contributed by atoms with van der Waals surface area (Å²) < 4.78 is 28.5. The first-order valence-corrected chi connectivity index (χ1v) is 3.47. The van der Waals surface area contributed by atoms with Gasteiger partial charge in [0.25, 0.3) is 0 Å². The Bertz CT molecular complexity index is 298. The number of pyridine rings is 1. The first kappa shape index (κ1) is 9.57. The number of carbonyl (C=O) groups excluding carboxylic acids is 1. The lowest BCUT2D eigenvalue weighted by Crippen LogP contribution is -2.10. The van der Waals surface area contributed by atoms with Crippen molar-refractivity contribution in [3.05, 3.63) is 23.9 Å². The van der Waals surface area contributed by atoms with Gasteiger partial charge in [0, 0.05) is 17.8 Å². The molecule has 1 aromatic heterocycles. The van der Waals surface area contributed by atoms with Crippen molar-refractivity contribution in [3.8, 4) is 5.88 Å². The normalized spacial score (nSPS) is 10.2. The summed E-state index contributed by atoms with van der Waals surface area (Å²) in [4.78, 5) is 14.3. The van der Waals surface area contributed by atoms with Crippen LogP contribution in [0.1, 0.15) is 10.4 Å². The molecule has 0 aromatic carbocycles. The molecule has 0 atom stereocenters. The first-order chi connectivity index (χ1) is 6.15. The van der Waals surface area contributed by atoms with E-state index in [0.717, 1.165) is 6.20 Å². The van der Waals surface area contributed by atoms with Gasteiger partial charge in [-0.15, -0.1) is 0 Å². The van der Waals surface area contributed by atoms with Gasteiger partial charge in [-0.25, -0.2) is 13.8 Å². The van der Waals surface area contributed by atoms with Gasteiger partial charge < -0.3 is 4.74 Å². The molecule has 0 saturated heterocycles. The Hall–Kier alpha value is -1.52. The predicted octanol–water partition coefficient (Wildman–Crippen LogP) is 1.54. The molecule has 1 heterocycles. The fourth-order valence-electron chi connectivity index (χ4n) is 0.773. The molecular weight excluding hydrogens is 180 g/mol. The highest BCUT2D eigenvalue weighted by atomic mass is 19.3. The van der Waals surface area contributed by atoms with Gasteiger partial charge in [-0.05, 0) is 6.07 Å². The maximum Gasteiger partial charge on any atom is 0.300 e. The molecule has 5 heteroatoms. The van der Waals surface area contributed by atoms with Gasteiger partial charge in [0.2, 0.25) is 11.7 Å². The summed E-state index contributed by atoms with van der Waals surface area (Å²) in [5, 5.41) is 0. The Morgan fingerprint density at radius 3 is 2.62 bits per heavy atom. The zero-order chi connectivity index (χ0) is 9.84. The highest BCUT2D eigenvalue weighted by molar-refractivity contribution is 5.98. The van der Waals surface area contributed by atoms with Crippen LogP contribution in [0.15, 0.2) is 18.3 Å². The molecular formula is C8H7F2NO2. The number of alkyl halides is 2. The number of halogens is 2. The van der Waals surface area contributed by atoms with Crippen LogP contribution in [0.2, 0.25) is 0 Å². The monoisotopic (exact) mass is 187 g/mol. The molecule has 0 aliphatic rings. The van der Waals surface area contributed by atoms with Gasteiger partial charge >= 0.3 is 6.43 Å². The minimum Gasteiger partial charge on any atom is -0.481 e. The summed E-state index contributed by atoms with van der Waals surface area (Å²) in [5.41, 5.74) is -0.115. The molecule has 0 radical (unpaired) electrons. The number of carbonyl (C=O) groups is 1. The summed E-state index contributed by atoms with van der Waals surface area (Å²) in [6, 6.07) is 2.61. The summed E-state index contributed by atoms with van der Waals surface area (Å²) in [7, 11) is 1.40. The Morgan fingerprint density at radius 1 is 1.54 bits per heavy atom. The van der Waals surface area contributed by atoms with E-state index in [1.165, 1.54) is 19.2 Å². The van der Waals surface area contributed by atoms with Crippen molar-refractivity contribution in [3.63, 3.8) is 0 Å². The number of ether oxygens (including phenoxy) is 1. The van der Waals surface area contributed by atoms with E-state index < -0.39 is 12.2 Å². The third-order valence-corrected chi connectivity index (χ3v) is 1.43. The molecule has 0 saturated carbocycles. The second kappa shape index (κ2) is 3.93. The van der Waals surface area contributed by atoms with Crippen LogP contribution in [-0.2, 0) is 0 Å². The van der Waals surface area contributed by atoms with Crippen LogP contribution in [0.5, 0.6) is 5.88 Å². The highest BCUT2D eigenvalue weighted by Crippen LogP contribution is 2.10. The van der Waals surface area contributed by atoms with Crippen LogP contribution in [0.3, 0.4) is 0 Å². The molecule has 13 heavy (non-hydrogen) atoms. The molecule has 0 unspecified atom stereocenters. The number of ketones is 1. The van der Waals surface area contributed by atoms with E-state index in [4.69, 9.17) is 4.74 Å². The maximum atomic E-state index is 11.9. The number of methoxy groups -OCH3 is 1. The predicted molar refractivity (Wildman–Crippen MR) is 41.1 cm³/mol. The molecule has 0 aliphatic heterocycles. The molecule has 3 nitrogen and oxygen atoms in total. The number of nitrogens with zero attached hydrogens (tertiary/aromatic N) is 1. The van der Waals surface area contributed by atoms with Crippen LogP contribution in [0, 0.1) is 0 Å². The fraction of sp³-hybridized carbons (Fsp3) is 0.250. The van der Waals surface area contributed by atoms with Gasteiger partial charge in [0.1, 0.15) is 0 Å². The summed E-state index contributed by atoms with van der Waals surface area (Å²) in [6.07, 6.45) is -1.93. The van der Waals surface area contributed by atoms with E-state index in [1.807, 2.05) is 0 Å². The van der Waals surface area contributed by atoms with Crippen LogP contribution in [-0.4, -0.2) is 24.3 Å². The van der Waals surface area contributed by atoms with Gasteiger partial charge in [-0.2, -0.15) is 0 Å². The lowest BCUT2D eigenvalue weighted by atomic mass is 10.2. The summed E-state index contributed by atoms with van der Waals surface area (Å²) >= 11 is 0. The zero-order valence-electron chi connectivity index (χ0n) is 6.83. The molecule has 0 fully saturated rings. The second-order valence-corrected chi connectivity index (χ2v) is 2.25. The maximum absolute atomic E-state index is 11.9. The van der Waals surface area contributed by atoms with Crippen LogP contribution >= 0.6 is 0 Å². The third-order valence-electron chi connectivity index (χ3n) is 1.43. The molecule has 0 N–H and O–H groups in total. The van der Waals surface area contributed by atoms with Gasteiger partial charge in [0.05, 0.1) is 7.11 Å². The Labute approximate surface area is 73.4 Å². The third kappa shape index (κ3) is 2.21. The first-order valence-electron chi connectivity index (χ1n) is 3.47. The minimum absolute atomic E-state index is 0.115. The molecule has 0 spiro atoms. The topological polar surface area (TPSA) is 39.2 Å². The zero-order valence-corrected chi connectivity index (χ0v) is 6.83. The van der Waals surface area contributed by atoms with Gasteiger partial charge in [0.15, 0.2) is 0 Å². The Balaban J connectivity index is 2.86. The number of hydrogen-bond donors (Lipinski definition) is 0. The van der Waals surface area contributed by atoms with Gasteiger partial charge in [-0.3, -0.25) is 4.79 Å². The highest BCUT2D eigenvalue weighted by Gasteiger charge is 2.17. The number of rotatable bonds is 3. The fourth-order valence-corrected chi connectivity index (χ4v) is 0.773. The van der Waals surface area contributed by atoms with Crippen molar-refractivity contribution >= 4 is 5.78 Å². The van der Waals surface area contributed by atoms with E-state index in [9.17, 15) is 13.6 Å². The molecule has 0 aliphatic carbocycles. The summed E-state index contributed by atoms with van der Waals surface area (Å²) in [6.45, 7) is 0. The SMILES string of the molecule is COc1ccc(C(=O)C(F)F)cn1. The summed E-state index contributed by atoms with van der Waals surface area (Å²) in [5.74, 6) is -0.944. The van der Waals surface area contributed by atoms with Crippen molar-refractivity contribution in [1.29, 1.82) is 0 Å². The molecule has 1 rings (SSSR count). The van der Waals surface area contributed by atoms with Gasteiger partial charge in [-0.1, -0.05) is 0 Å². The van der Waals surface area contributed by atoms with Crippen molar-refractivity contribution in [2.75, 3.05) is 7.11 Å². The Kier molecular flexibility index (Phi) is 2.89. The average Bonchev–Trinajstić information content (AvgIpc) is 2.17. The second-order valence-electron chi connectivity index (χ2n) is 2.25. The molecule has 0 bridgehead atoms. The van der Waals surface area contributed by atoms with Crippen LogP contribution in [0.25, 0.3) is 0 Å². The van der Waals surface area contributed by atoms with E-state index in [-0.39, 0.29) is 11.4 Å². The minimum atomic E-state index is -2.99. The largest absolute Gasteiger partial charge is 0.481 e. The van der Waals surface area contributed by atoms with E-state index in [1.54, 1.807) is 0 Å². The number of aromatic nitrogens is 1. The number of hydrogen-bond acceptors (Lipinski definition) is 3. The van der Waals surface area contributed by atoms with E-state index in [2.05, 4.69) is 4.98 Å².